The summed E-state index contributed by atoms with van der Waals surface area (Å²) in [6.07, 6.45) is 8.00. The Morgan fingerprint density at radius 1 is 1.21 bits per heavy atom. The Morgan fingerprint density at radius 3 is 2.76 bits per heavy atom. The van der Waals surface area contributed by atoms with Crippen LogP contribution in [0.1, 0.15) is 36.2 Å². The van der Waals surface area contributed by atoms with Gasteiger partial charge in [-0.05, 0) is 75.0 Å². The van der Waals surface area contributed by atoms with Gasteiger partial charge in [-0.1, -0.05) is 17.7 Å². The van der Waals surface area contributed by atoms with Gasteiger partial charge in [-0.25, -0.2) is 0 Å². The van der Waals surface area contributed by atoms with E-state index in [1.54, 1.807) is 12.4 Å². The standard InChI is InChI=1S/C22H24ClN5O/c1-28-6-4-22(5-7-28)10-17(11-22)25-21(29)20-18-9-14(2-3-19(18)26-27-20)15-8-16(23)13-24-12-15/h2-3,8-9,12-13,17H,4-7,10-11H2,1H3,(H,25,29)(H,26,27). The van der Waals surface area contributed by atoms with Crippen molar-refractivity contribution in [3.05, 3.63) is 47.4 Å². The first-order valence-electron chi connectivity index (χ1n) is 10.1. The van der Waals surface area contributed by atoms with Crippen molar-refractivity contribution in [2.75, 3.05) is 20.1 Å². The van der Waals surface area contributed by atoms with Crippen molar-refractivity contribution in [2.24, 2.45) is 5.41 Å². The number of piperidine rings is 1. The Balaban J connectivity index is 1.32. The molecular weight excluding hydrogens is 386 g/mol. The number of likely N-dealkylation sites (tertiary alicyclic amines) is 1. The van der Waals surface area contributed by atoms with Crippen LogP contribution in [0.15, 0.2) is 36.7 Å². The Hall–Kier alpha value is -2.44. The van der Waals surface area contributed by atoms with Gasteiger partial charge in [0.25, 0.3) is 5.91 Å². The molecule has 0 unspecified atom stereocenters. The molecule has 2 aromatic heterocycles. The highest BCUT2D eigenvalue weighted by molar-refractivity contribution is 6.30. The maximum absolute atomic E-state index is 12.9. The van der Waals surface area contributed by atoms with Gasteiger partial charge in [-0.15, -0.1) is 0 Å². The van der Waals surface area contributed by atoms with Gasteiger partial charge < -0.3 is 10.2 Å². The molecule has 0 bridgehead atoms. The van der Waals surface area contributed by atoms with Gasteiger partial charge in [0.2, 0.25) is 0 Å². The second kappa shape index (κ2) is 7.11. The van der Waals surface area contributed by atoms with E-state index in [2.05, 4.69) is 32.4 Å². The van der Waals surface area contributed by atoms with Crippen molar-refractivity contribution in [1.29, 1.82) is 0 Å². The van der Waals surface area contributed by atoms with Crippen LogP contribution in [-0.2, 0) is 0 Å². The molecule has 1 amide bonds. The number of carbonyl (C=O) groups is 1. The lowest BCUT2D eigenvalue weighted by atomic mass is 9.60. The molecule has 2 aliphatic rings. The number of aromatic amines is 1. The van der Waals surface area contributed by atoms with Gasteiger partial charge in [0.15, 0.2) is 5.69 Å². The van der Waals surface area contributed by atoms with Crippen LogP contribution >= 0.6 is 11.6 Å². The van der Waals surface area contributed by atoms with Crippen LogP contribution in [-0.4, -0.2) is 52.2 Å². The molecule has 3 heterocycles. The monoisotopic (exact) mass is 409 g/mol. The molecule has 1 aromatic carbocycles. The largest absolute Gasteiger partial charge is 0.348 e. The second-order valence-electron chi connectivity index (χ2n) is 8.61. The van der Waals surface area contributed by atoms with Gasteiger partial charge in [-0.2, -0.15) is 5.10 Å². The minimum atomic E-state index is -0.106. The number of aromatic nitrogens is 3. The highest BCUT2D eigenvalue weighted by Gasteiger charge is 2.45. The number of hydrogen-bond donors (Lipinski definition) is 2. The normalized spacial score (nSPS) is 19.4. The van der Waals surface area contributed by atoms with Crippen molar-refractivity contribution in [1.82, 2.24) is 25.4 Å². The van der Waals surface area contributed by atoms with E-state index < -0.39 is 0 Å². The molecule has 5 rings (SSSR count). The second-order valence-corrected chi connectivity index (χ2v) is 9.04. The summed E-state index contributed by atoms with van der Waals surface area (Å²) in [6.45, 7) is 2.32. The summed E-state index contributed by atoms with van der Waals surface area (Å²) in [7, 11) is 2.18. The van der Waals surface area contributed by atoms with E-state index in [1.165, 1.54) is 12.8 Å². The number of nitrogens with zero attached hydrogens (tertiary/aromatic N) is 3. The van der Waals surface area contributed by atoms with Gasteiger partial charge in [-0.3, -0.25) is 14.9 Å². The lowest BCUT2D eigenvalue weighted by molar-refractivity contribution is 0.0138. The summed E-state index contributed by atoms with van der Waals surface area (Å²) in [5.41, 5.74) is 3.59. The number of amides is 1. The third-order valence-corrected chi connectivity index (χ3v) is 6.76. The van der Waals surface area contributed by atoms with Crippen LogP contribution in [0.2, 0.25) is 5.02 Å². The lowest BCUT2D eigenvalue weighted by Gasteiger charge is -2.51. The molecule has 1 spiro atoms. The minimum Gasteiger partial charge on any atom is -0.348 e. The summed E-state index contributed by atoms with van der Waals surface area (Å²) in [5, 5.41) is 11.9. The van der Waals surface area contributed by atoms with E-state index in [9.17, 15) is 4.79 Å². The number of rotatable bonds is 3. The van der Waals surface area contributed by atoms with E-state index in [0.717, 1.165) is 48.0 Å². The summed E-state index contributed by atoms with van der Waals surface area (Å²) in [4.78, 5) is 19.5. The third kappa shape index (κ3) is 3.51. The van der Waals surface area contributed by atoms with Crippen molar-refractivity contribution >= 4 is 28.4 Å². The van der Waals surface area contributed by atoms with Crippen molar-refractivity contribution < 1.29 is 4.79 Å². The highest BCUT2D eigenvalue weighted by atomic mass is 35.5. The Bertz CT molecular complexity index is 1060. The smallest absolute Gasteiger partial charge is 0.272 e. The fraction of sp³-hybridized carbons (Fsp3) is 0.409. The van der Waals surface area contributed by atoms with Crippen LogP contribution in [0.25, 0.3) is 22.0 Å². The molecule has 2 N–H and O–H groups in total. The Kier molecular flexibility index (Phi) is 4.56. The average molecular weight is 410 g/mol. The zero-order valence-electron chi connectivity index (χ0n) is 16.4. The van der Waals surface area contributed by atoms with E-state index in [1.807, 2.05) is 24.3 Å². The fourth-order valence-electron chi connectivity index (χ4n) is 4.78. The van der Waals surface area contributed by atoms with E-state index >= 15 is 0 Å². The van der Waals surface area contributed by atoms with Crippen LogP contribution in [0.3, 0.4) is 0 Å². The summed E-state index contributed by atoms with van der Waals surface area (Å²) in [6, 6.07) is 8.00. The first kappa shape index (κ1) is 18.6. The number of halogens is 1. The molecule has 0 radical (unpaired) electrons. The molecule has 1 saturated carbocycles. The predicted octanol–water partition coefficient (Wildman–Crippen LogP) is 3.88. The highest BCUT2D eigenvalue weighted by Crippen LogP contribution is 2.49. The van der Waals surface area contributed by atoms with Crippen LogP contribution < -0.4 is 5.32 Å². The number of pyridine rings is 1. The number of H-pyrrole nitrogens is 1. The number of hydrogen-bond acceptors (Lipinski definition) is 4. The van der Waals surface area contributed by atoms with Crippen molar-refractivity contribution in [2.45, 2.75) is 31.7 Å². The average Bonchev–Trinajstić information content (AvgIpc) is 3.12. The first-order chi connectivity index (χ1) is 14.0. The number of carbonyl (C=O) groups excluding carboxylic acids is 1. The number of nitrogens with one attached hydrogen (secondary N) is 2. The molecule has 7 heteroatoms. The molecule has 29 heavy (non-hydrogen) atoms. The van der Waals surface area contributed by atoms with Crippen molar-refractivity contribution in [3.63, 3.8) is 0 Å². The molecule has 0 atom stereocenters. The summed E-state index contributed by atoms with van der Waals surface area (Å²) in [5.74, 6) is -0.106. The molecule has 1 aliphatic heterocycles. The topological polar surface area (TPSA) is 73.9 Å². The number of benzene rings is 1. The fourth-order valence-corrected chi connectivity index (χ4v) is 4.95. The van der Waals surface area contributed by atoms with E-state index in [4.69, 9.17) is 11.6 Å². The molecule has 6 nitrogen and oxygen atoms in total. The quantitative estimate of drug-likeness (QED) is 0.688. The molecule has 3 aromatic rings. The van der Waals surface area contributed by atoms with Gasteiger partial charge in [0.05, 0.1) is 10.5 Å². The molecular formula is C22H24ClN5O. The van der Waals surface area contributed by atoms with Gasteiger partial charge in [0.1, 0.15) is 0 Å². The maximum Gasteiger partial charge on any atom is 0.272 e. The number of fused-ring (bicyclic) bond motifs is 1. The lowest BCUT2D eigenvalue weighted by Crippen LogP contribution is -2.54. The van der Waals surface area contributed by atoms with E-state index in [0.29, 0.717) is 16.1 Å². The van der Waals surface area contributed by atoms with E-state index in [-0.39, 0.29) is 11.9 Å². The van der Waals surface area contributed by atoms with Crippen LogP contribution in [0.4, 0.5) is 0 Å². The third-order valence-electron chi connectivity index (χ3n) is 6.56. The molecule has 1 saturated heterocycles. The van der Waals surface area contributed by atoms with Crippen LogP contribution in [0, 0.1) is 5.41 Å². The Morgan fingerprint density at radius 2 is 2.00 bits per heavy atom. The van der Waals surface area contributed by atoms with Gasteiger partial charge >= 0.3 is 0 Å². The van der Waals surface area contributed by atoms with Crippen molar-refractivity contribution in [3.8, 4) is 11.1 Å². The zero-order chi connectivity index (χ0) is 20.0. The Labute approximate surface area is 174 Å². The summed E-state index contributed by atoms with van der Waals surface area (Å²) < 4.78 is 0. The SMILES string of the molecule is CN1CCC2(CC1)CC(NC(=O)c1n[nH]c3ccc(-c4cncc(Cl)c4)cc13)C2. The minimum absolute atomic E-state index is 0.106. The first-order valence-corrected chi connectivity index (χ1v) is 10.5. The molecule has 2 fully saturated rings. The summed E-state index contributed by atoms with van der Waals surface area (Å²) >= 11 is 6.08. The maximum atomic E-state index is 12.9. The molecule has 1 aliphatic carbocycles. The zero-order valence-corrected chi connectivity index (χ0v) is 17.2. The van der Waals surface area contributed by atoms with Crippen LogP contribution in [0.5, 0.6) is 0 Å². The van der Waals surface area contributed by atoms with Gasteiger partial charge in [0, 0.05) is 29.4 Å². The predicted molar refractivity (Wildman–Crippen MR) is 114 cm³/mol. The molecule has 150 valence electrons.